The van der Waals surface area contributed by atoms with Crippen LogP contribution >= 0.6 is 0 Å². The first-order chi connectivity index (χ1) is 8.31. The van der Waals surface area contributed by atoms with Crippen molar-refractivity contribution in [2.45, 2.75) is 19.3 Å². The first kappa shape index (κ1) is 11.7. The quantitative estimate of drug-likeness (QED) is 0.684. The molecule has 0 amide bonds. The van der Waals surface area contributed by atoms with E-state index in [-0.39, 0.29) is 5.69 Å². The fraction of sp³-hybridized carbons (Fsp3) is 0.308. The van der Waals surface area contributed by atoms with Gasteiger partial charge in [0, 0.05) is 11.8 Å². The Labute approximate surface area is 99.9 Å². The minimum atomic E-state index is -0.170. The summed E-state index contributed by atoms with van der Waals surface area (Å²) in [6.07, 6.45) is 4.80. The van der Waals surface area contributed by atoms with Crippen molar-refractivity contribution in [3.05, 3.63) is 46.5 Å². The molecule has 4 nitrogen and oxygen atoms in total. The van der Waals surface area contributed by atoms with Gasteiger partial charge in [0.2, 0.25) is 0 Å². The van der Waals surface area contributed by atoms with Crippen LogP contribution in [0.1, 0.15) is 18.4 Å². The lowest BCUT2D eigenvalue weighted by Gasteiger charge is -2.07. The van der Waals surface area contributed by atoms with Gasteiger partial charge < -0.3 is 15.7 Å². The summed E-state index contributed by atoms with van der Waals surface area (Å²) in [5.41, 5.74) is 8.50. The molecule has 0 atom stereocenters. The third kappa shape index (κ3) is 2.85. The lowest BCUT2D eigenvalue weighted by molar-refractivity contribution is 0.745. The van der Waals surface area contributed by atoms with Crippen LogP contribution in [0.2, 0.25) is 0 Å². The van der Waals surface area contributed by atoms with Crippen LogP contribution in [0.5, 0.6) is 0 Å². The molecule has 4 N–H and O–H groups in total. The van der Waals surface area contributed by atoms with E-state index in [1.807, 2.05) is 18.2 Å². The summed E-state index contributed by atoms with van der Waals surface area (Å²) < 4.78 is 0. The fourth-order valence-electron chi connectivity index (χ4n) is 1.94. The third-order valence-electron chi connectivity index (χ3n) is 2.80. The van der Waals surface area contributed by atoms with Crippen molar-refractivity contribution in [3.8, 4) is 11.3 Å². The number of unbranched alkanes of at least 4 members (excludes halogenated alkanes) is 1. The highest BCUT2D eigenvalue weighted by Crippen LogP contribution is 2.21. The van der Waals surface area contributed by atoms with E-state index in [1.165, 1.54) is 5.56 Å². The van der Waals surface area contributed by atoms with Crippen molar-refractivity contribution in [1.29, 1.82) is 0 Å². The van der Waals surface area contributed by atoms with Crippen molar-refractivity contribution in [2.24, 2.45) is 5.73 Å². The second-order valence-electron chi connectivity index (χ2n) is 4.06. The molecular formula is C13H17N3O. The van der Waals surface area contributed by atoms with Crippen molar-refractivity contribution in [1.82, 2.24) is 9.97 Å². The molecule has 0 saturated heterocycles. The predicted octanol–water partition coefficient (Wildman–Crippen LogP) is 1.65. The Kier molecular flexibility index (Phi) is 3.77. The maximum atomic E-state index is 11.1. The number of rotatable bonds is 5. The molecule has 0 spiro atoms. The van der Waals surface area contributed by atoms with E-state index in [0.717, 1.165) is 37.1 Å². The van der Waals surface area contributed by atoms with Crippen molar-refractivity contribution in [3.63, 3.8) is 0 Å². The Bertz CT molecular complexity index is 527. The molecule has 2 aromatic rings. The second-order valence-corrected chi connectivity index (χ2v) is 4.06. The van der Waals surface area contributed by atoms with Gasteiger partial charge in [-0.3, -0.25) is 0 Å². The molecule has 90 valence electrons. The Morgan fingerprint density at radius 3 is 2.71 bits per heavy atom. The molecule has 0 aliphatic rings. The molecule has 0 aliphatic heterocycles. The van der Waals surface area contributed by atoms with Crippen molar-refractivity contribution < 1.29 is 0 Å². The molecule has 0 fully saturated rings. The molecule has 0 radical (unpaired) electrons. The number of nitrogens with one attached hydrogen (secondary N) is 2. The summed E-state index contributed by atoms with van der Waals surface area (Å²) in [6, 6.07) is 8.12. The molecular weight excluding hydrogens is 214 g/mol. The SMILES string of the molecule is NCCCCc1ccccc1-c1c[nH]c(=O)[nH]1. The maximum absolute atomic E-state index is 11.1. The Balaban J connectivity index is 2.24. The molecule has 0 saturated carbocycles. The first-order valence-corrected chi connectivity index (χ1v) is 5.87. The maximum Gasteiger partial charge on any atom is 0.323 e. The number of imidazole rings is 1. The summed E-state index contributed by atoms with van der Waals surface area (Å²) in [7, 11) is 0. The average molecular weight is 231 g/mol. The third-order valence-corrected chi connectivity index (χ3v) is 2.80. The van der Waals surface area contributed by atoms with E-state index < -0.39 is 0 Å². The first-order valence-electron chi connectivity index (χ1n) is 5.87. The number of hydrogen-bond acceptors (Lipinski definition) is 2. The molecule has 4 heteroatoms. The zero-order valence-electron chi connectivity index (χ0n) is 9.70. The van der Waals surface area contributed by atoms with Crippen LogP contribution in [0.3, 0.4) is 0 Å². The Morgan fingerprint density at radius 2 is 2.00 bits per heavy atom. The smallest absolute Gasteiger partial charge is 0.323 e. The van der Waals surface area contributed by atoms with Gasteiger partial charge in [-0.05, 0) is 31.4 Å². The highest BCUT2D eigenvalue weighted by molar-refractivity contribution is 5.62. The van der Waals surface area contributed by atoms with Crippen LogP contribution in [0.15, 0.2) is 35.3 Å². The van der Waals surface area contributed by atoms with Gasteiger partial charge in [0.15, 0.2) is 0 Å². The molecule has 2 rings (SSSR count). The van der Waals surface area contributed by atoms with Gasteiger partial charge in [-0.2, -0.15) is 0 Å². The highest BCUT2D eigenvalue weighted by Gasteiger charge is 2.05. The standard InChI is InChI=1S/C13H17N3O/c14-8-4-3-6-10-5-1-2-7-11(10)12-9-15-13(17)16-12/h1-2,5,7,9H,3-4,6,8,14H2,(H2,15,16,17). The molecule has 17 heavy (non-hydrogen) atoms. The molecule has 1 aromatic heterocycles. The summed E-state index contributed by atoms with van der Waals surface area (Å²) in [4.78, 5) is 16.5. The number of H-pyrrole nitrogens is 2. The largest absolute Gasteiger partial charge is 0.330 e. The van der Waals surface area contributed by atoms with Gasteiger partial charge in [-0.25, -0.2) is 4.79 Å². The van der Waals surface area contributed by atoms with E-state index in [9.17, 15) is 4.79 Å². The number of aryl methyl sites for hydroxylation is 1. The minimum absolute atomic E-state index is 0.170. The lowest BCUT2D eigenvalue weighted by atomic mass is 10.00. The summed E-state index contributed by atoms with van der Waals surface area (Å²) in [5, 5.41) is 0. The number of hydrogen-bond donors (Lipinski definition) is 3. The number of aromatic nitrogens is 2. The summed E-state index contributed by atoms with van der Waals surface area (Å²) in [6.45, 7) is 0.725. The molecule has 1 heterocycles. The van der Waals surface area contributed by atoms with Gasteiger partial charge in [-0.15, -0.1) is 0 Å². The second kappa shape index (κ2) is 5.50. The fourth-order valence-corrected chi connectivity index (χ4v) is 1.94. The van der Waals surface area contributed by atoms with Gasteiger partial charge in [0.05, 0.1) is 5.69 Å². The molecule has 0 aliphatic carbocycles. The van der Waals surface area contributed by atoms with Crippen molar-refractivity contribution >= 4 is 0 Å². The number of nitrogens with two attached hydrogens (primary N) is 1. The highest BCUT2D eigenvalue weighted by atomic mass is 16.1. The number of benzene rings is 1. The van der Waals surface area contributed by atoms with Crippen LogP contribution in [0.25, 0.3) is 11.3 Å². The van der Waals surface area contributed by atoms with Gasteiger partial charge >= 0.3 is 5.69 Å². The molecule has 0 unspecified atom stereocenters. The zero-order chi connectivity index (χ0) is 12.1. The number of aromatic amines is 2. The topological polar surface area (TPSA) is 74.7 Å². The van der Waals surface area contributed by atoms with E-state index in [0.29, 0.717) is 0 Å². The summed E-state index contributed by atoms with van der Waals surface area (Å²) in [5.74, 6) is 0. The van der Waals surface area contributed by atoms with Crippen LogP contribution in [-0.4, -0.2) is 16.5 Å². The van der Waals surface area contributed by atoms with Crippen molar-refractivity contribution in [2.75, 3.05) is 6.54 Å². The average Bonchev–Trinajstić information content (AvgIpc) is 2.77. The van der Waals surface area contributed by atoms with Gasteiger partial charge in [-0.1, -0.05) is 24.3 Å². The Morgan fingerprint density at radius 1 is 1.18 bits per heavy atom. The normalized spacial score (nSPS) is 10.6. The zero-order valence-corrected chi connectivity index (χ0v) is 9.70. The minimum Gasteiger partial charge on any atom is -0.330 e. The summed E-state index contributed by atoms with van der Waals surface area (Å²) >= 11 is 0. The van der Waals surface area contributed by atoms with E-state index in [4.69, 9.17) is 5.73 Å². The monoisotopic (exact) mass is 231 g/mol. The van der Waals surface area contributed by atoms with E-state index in [1.54, 1.807) is 6.20 Å². The lowest BCUT2D eigenvalue weighted by Crippen LogP contribution is -2.01. The van der Waals surface area contributed by atoms with Gasteiger partial charge in [0.1, 0.15) is 0 Å². The van der Waals surface area contributed by atoms with Crippen LogP contribution < -0.4 is 11.4 Å². The van der Waals surface area contributed by atoms with E-state index in [2.05, 4.69) is 16.0 Å². The van der Waals surface area contributed by atoms with E-state index >= 15 is 0 Å². The van der Waals surface area contributed by atoms with Crippen LogP contribution in [0, 0.1) is 0 Å². The van der Waals surface area contributed by atoms with Crippen LogP contribution in [-0.2, 0) is 6.42 Å². The molecule has 0 bridgehead atoms. The molecule has 1 aromatic carbocycles. The Hall–Kier alpha value is -1.81. The van der Waals surface area contributed by atoms with Crippen LogP contribution in [0.4, 0.5) is 0 Å². The van der Waals surface area contributed by atoms with Gasteiger partial charge in [0.25, 0.3) is 0 Å². The predicted molar refractivity (Wildman–Crippen MR) is 68.8 cm³/mol.